The highest BCUT2D eigenvalue weighted by Crippen LogP contribution is 2.27. The van der Waals surface area contributed by atoms with E-state index in [0.717, 1.165) is 33.8 Å². The number of benzene rings is 2. The van der Waals surface area contributed by atoms with Gasteiger partial charge in [0.05, 0.1) is 17.2 Å². The van der Waals surface area contributed by atoms with Crippen molar-refractivity contribution in [2.45, 2.75) is 19.4 Å². The lowest BCUT2D eigenvalue weighted by molar-refractivity contribution is 0.809. The number of nitrogens with one attached hydrogen (secondary N) is 1. The molecule has 2 aromatic heterocycles. The van der Waals surface area contributed by atoms with E-state index in [-0.39, 0.29) is 6.04 Å². The summed E-state index contributed by atoms with van der Waals surface area (Å²) in [4.78, 5) is 9.34. The summed E-state index contributed by atoms with van der Waals surface area (Å²) in [6.07, 6.45) is 4.38. The molecule has 3 N–H and O–H groups in total. The first-order valence-electron chi connectivity index (χ1n) is 9.07. The van der Waals surface area contributed by atoms with Crippen LogP contribution in [-0.2, 0) is 6.42 Å². The zero-order valence-corrected chi connectivity index (χ0v) is 15.2. The molecule has 0 unspecified atom stereocenters. The number of rotatable bonds is 6. The third-order valence-electron chi connectivity index (χ3n) is 4.53. The second-order valence-corrected chi connectivity index (χ2v) is 6.42. The zero-order valence-electron chi connectivity index (χ0n) is 15.2. The Hall–Kier alpha value is -3.25. The monoisotopic (exact) mass is 358 g/mol. The van der Waals surface area contributed by atoms with Crippen molar-refractivity contribution in [3.05, 3.63) is 78.4 Å². The summed E-state index contributed by atoms with van der Waals surface area (Å²) in [6, 6.07) is 18.2. The molecule has 4 rings (SSSR count). The van der Waals surface area contributed by atoms with Crippen LogP contribution in [0.2, 0.25) is 0 Å². The molecule has 6 nitrogen and oxygen atoms in total. The van der Waals surface area contributed by atoms with Crippen LogP contribution in [0.15, 0.2) is 67.0 Å². The molecule has 1 atom stereocenters. The van der Waals surface area contributed by atoms with E-state index < -0.39 is 0 Å². The van der Waals surface area contributed by atoms with Crippen molar-refractivity contribution in [1.29, 1.82) is 0 Å². The van der Waals surface area contributed by atoms with Crippen molar-refractivity contribution >= 4 is 16.7 Å². The molecule has 0 spiro atoms. The summed E-state index contributed by atoms with van der Waals surface area (Å²) in [5.74, 6) is 1.58. The Bertz CT molecular complexity index is 1040. The fourth-order valence-corrected chi connectivity index (χ4v) is 3.23. The number of nitrogens with zero attached hydrogens (tertiary/aromatic N) is 4. The number of aromatic nitrogens is 4. The van der Waals surface area contributed by atoms with Crippen LogP contribution in [-0.4, -0.2) is 26.3 Å². The van der Waals surface area contributed by atoms with Gasteiger partial charge < -0.3 is 11.1 Å². The average Bonchev–Trinajstić information content (AvgIpc) is 3.23. The van der Waals surface area contributed by atoms with E-state index in [0.29, 0.717) is 13.0 Å². The zero-order chi connectivity index (χ0) is 18.6. The summed E-state index contributed by atoms with van der Waals surface area (Å²) in [5, 5.41) is 8.95. The minimum absolute atomic E-state index is 0.0365. The Morgan fingerprint density at radius 3 is 2.67 bits per heavy atom. The summed E-state index contributed by atoms with van der Waals surface area (Å²) >= 11 is 0. The molecule has 0 radical (unpaired) electrons. The predicted molar refractivity (Wildman–Crippen MR) is 108 cm³/mol. The molecular weight excluding hydrogens is 336 g/mol. The molecule has 0 saturated heterocycles. The van der Waals surface area contributed by atoms with Crippen molar-refractivity contribution in [1.82, 2.24) is 19.7 Å². The average molecular weight is 358 g/mol. The number of nitrogens with two attached hydrogens (primary N) is 1. The molecule has 0 aliphatic rings. The molecule has 0 fully saturated rings. The highest BCUT2D eigenvalue weighted by atomic mass is 15.3. The summed E-state index contributed by atoms with van der Waals surface area (Å²) in [7, 11) is 0. The quantitative estimate of drug-likeness (QED) is 0.551. The fraction of sp³-hybridized carbons (Fsp3) is 0.190. The van der Waals surface area contributed by atoms with Gasteiger partial charge in [-0.3, -0.25) is 0 Å². The summed E-state index contributed by atoms with van der Waals surface area (Å²) in [6.45, 7) is 2.65. The molecule has 0 aliphatic heterocycles. The molecule has 2 heterocycles. The maximum atomic E-state index is 5.71. The van der Waals surface area contributed by atoms with Crippen molar-refractivity contribution in [2.24, 2.45) is 5.73 Å². The van der Waals surface area contributed by atoms with Crippen LogP contribution in [0.4, 0.5) is 5.82 Å². The lowest BCUT2D eigenvalue weighted by atomic mass is 10.1. The van der Waals surface area contributed by atoms with E-state index in [1.165, 1.54) is 0 Å². The van der Waals surface area contributed by atoms with E-state index in [2.05, 4.69) is 34.5 Å². The van der Waals surface area contributed by atoms with Crippen molar-refractivity contribution in [3.63, 3.8) is 0 Å². The van der Waals surface area contributed by atoms with Gasteiger partial charge in [-0.25, -0.2) is 14.6 Å². The lowest BCUT2D eigenvalue weighted by Crippen LogP contribution is -2.14. The van der Waals surface area contributed by atoms with E-state index in [9.17, 15) is 0 Å². The van der Waals surface area contributed by atoms with Crippen molar-refractivity contribution in [3.8, 4) is 5.69 Å². The van der Waals surface area contributed by atoms with Gasteiger partial charge in [0.2, 0.25) is 0 Å². The smallest absolute Gasteiger partial charge is 0.138 e. The third kappa shape index (κ3) is 3.52. The predicted octanol–water partition coefficient (Wildman–Crippen LogP) is 3.49. The second-order valence-electron chi connectivity index (χ2n) is 6.42. The Morgan fingerprint density at radius 1 is 1.04 bits per heavy atom. The Balaban J connectivity index is 1.73. The van der Waals surface area contributed by atoms with E-state index in [4.69, 9.17) is 10.7 Å². The van der Waals surface area contributed by atoms with Gasteiger partial charge in [-0.2, -0.15) is 5.10 Å². The van der Waals surface area contributed by atoms with Gasteiger partial charge in [-0.15, -0.1) is 0 Å². The minimum atomic E-state index is 0.0365. The molecule has 0 aliphatic carbocycles. The minimum Gasteiger partial charge on any atom is -0.363 e. The highest BCUT2D eigenvalue weighted by molar-refractivity contribution is 5.89. The lowest BCUT2D eigenvalue weighted by Gasteiger charge is -2.20. The molecule has 6 heteroatoms. The normalized spacial score (nSPS) is 12.2. The Labute approximate surface area is 158 Å². The van der Waals surface area contributed by atoms with Crippen LogP contribution < -0.4 is 11.1 Å². The number of fused-ring (bicyclic) bond motifs is 1. The van der Waals surface area contributed by atoms with Crippen LogP contribution in [0.5, 0.6) is 0 Å². The van der Waals surface area contributed by atoms with Crippen molar-refractivity contribution < 1.29 is 0 Å². The van der Waals surface area contributed by atoms with Crippen LogP contribution in [0.3, 0.4) is 0 Å². The van der Waals surface area contributed by atoms with E-state index in [1.54, 1.807) is 6.20 Å². The Kier molecular flexibility index (Phi) is 4.80. The number of hydrogen-bond donors (Lipinski definition) is 2. The van der Waals surface area contributed by atoms with Crippen molar-refractivity contribution in [2.75, 3.05) is 11.9 Å². The van der Waals surface area contributed by atoms with Crippen LogP contribution >= 0.6 is 0 Å². The van der Waals surface area contributed by atoms with E-state index >= 15 is 0 Å². The molecular formula is C21H22N6. The Morgan fingerprint density at radius 2 is 1.85 bits per heavy atom. The summed E-state index contributed by atoms with van der Waals surface area (Å²) < 4.78 is 1.88. The fourth-order valence-electron chi connectivity index (χ4n) is 3.23. The molecule has 4 aromatic rings. The maximum absolute atomic E-state index is 5.71. The first-order chi connectivity index (χ1) is 13.3. The molecule has 2 aromatic carbocycles. The number of anilines is 1. The second kappa shape index (κ2) is 7.55. The molecule has 27 heavy (non-hydrogen) atoms. The van der Waals surface area contributed by atoms with Crippen LogP contribution in [0, 0.1) is 0 Å². The van der Waals surface area contributed by atoms with Crippen LogP contribution in [0.25, 0.3) is 16.6 Å². The molecule has 136 valence electrons. The molecule has 0 saturated carbocycles. The largest absolute Gasteiger partial charge is 0.363 e. The standard InChI is InChI=1S/C21H22N6/c1-15(16-7-3-5-10-19(16)27-14-6-13-23-27)24-21-17-8-2-4-9-18(17)25-20(26-21)11-12-22/h2-10,13-15H,11-12,22H2,1H3,(H,24,25,26)/t15-/m0/s1. The number of hydrogen-bond acceptors (Lipinski definition) is 5. The van der Waals surface area contributed by atoms with E-state index in [1.807, 2.05) is 53.3 Å². The summed E-state index contributed by atoms with van der Waals surface area (Å²) in [5.41, 5.74) is 8.82. The first-order valence-corrected chi connectivity index (χ1v) is 9.07. The highest BCUT2D eigenvalue weighted by Gasteiger charge is 2.15. The van der Waals surface area contributed by atoms with Gasteiger partial charge in [0.15, 0.2) is 0 Å². The van der Waals surface area contributed by atoms with Crippen LogP contribution in [0.1, 0.15) is 24.4 Å². The van der Waals surface area contributed by atoms with Gasteiger partial charge >= 0.3 is 0 Å². The molecule has 0 amide bonds. The van der Waals surface area contributed by atoms with Gasteiger partial charge in [0, 0.05) is 24.2 Å². The van der Waals surface area contributed by atoms with Gasteiger partial charge in [-0.05, 0) is 43.3 Å². The van der Waals surface area contributed by atoms with Gasteiger partial charge in [0.1, 0.15) is 11.6 Å². The van der Waals surface area contributed by atoms with Gasteiger partial charge in [-0.1, -0.05) is 30.3 Å². The number of para-hydroxylation sites is 2. The molecule has 0 bridgehead atoms. The topological polar surface area (TPSA) is 81.6 Å². The first kappa shape index (κ1) is 17.2. The van der Waals surface area contributed by atoms with Gasteiger partial charge in [0.25, 0.3) is 0 Å². The maximum Gasteiger partial charge on any atom is 0.138 e. The third-order valence-corrected chi connectivity index (χ3v) is 4.53. The SMILES string of the molecule is C[C@H](Nc1nc(CCN)nc2ccccc12)c1ccccc1-n1cccn1.